The Kier molecular flexibility index (Phi) is 3.39. The van der Waals surface area contributed by atoms with E-state index in [1.807, 2.05) is 18.2 Å². The largest absolute Gasteiger partial charge is 0.495 e. The fourth-order valence-corrected chi connectivity index (χ4v) is 2.25. The van der Waals surface area contributed by atoms with Gasteiger partial charge in [0.1, 0.15) is 5.75 Å². The summed E-state index contributed by atoms with van der Waals surface area (Å²) < 4.78 is 15.6. The lowest BCUT2D eigenvalue weighted by Crippen LogP contribution is -2.05. The van der Waals surface area contributed by atoms with Gasteiger partial charge in [-0.25, -0.2) is 0 Å². The molecule has 0 atom stereocenters. The minimum atomic E-state index is -0.0109. The second kappa shape index (κ2) is 5.36. The van der Waals surface area contributed by atoms with E-state index in [-0.39, 0.29) is 19.0 Å². The molecule has 0 aromatic heterocycles. The van der Waals surface area contributed by atoms with Crippen LogP contribution in [0.15, 0.2) is 36.4 Å². The number of carbonyl (C=O) groups is 1. The molecule has 0 saturated heterocycles. The molecule has 2 aromatic rings. The molecule has 1 heterocycles. The quantitative estimate of drug-likeness (QED) is 0.690. The molecule has 2 aromatic carbocycles. The van der Waals surface area contributed by atoms with E-state index >= 15 is 0 Å². The van der Waals surface area contributed by atoms with Crippen LogP contribution < -0.4 is 19.9 Å². The zero-order valence-corrected chi connectivity index (χ0v) is 11.6. The van der Waals surface area contributed by atoms with Crippen LogP contribution in [0, 0.1) is 0 Å². The second-order valence-corrected chi connectivity index (χ2v) is 4.74. The molecule has 5 heteroatoms. The van der Waals surface area contributed by atoms with Crippen LogP contribution in [0.2, 0.25) is 0 Å². The van der Waals surface area contributed by atoms with E-state index in [2.05, 4.69) is 0 Å². The van der Waals surface area contributed by atoms with Crippen LogP contribution in [-0.4, -0.2) is 19.7 Å². The van der Waals surface area contributed by atoms with Gasteiger partial charge in [-0.1, -0.05) is 6.07 Å². The van der Waals surface area contributed by atoms with E-state index < -0.39 is 0 Å². The van der Waals surface area contributed by atoms with E-state index in [1.165, 1.54) is 0 Å². The third-order valence-electron chi connectivity index (χ3n) is 3.35. The van der Waals surface area contributed by atoms with Gasteiger partial charge in [-0.05, 0) is 35.9 Å². The third-order valence-corrected chi connectivity index (χ3v) is 3.35. The van der Waals surface area contributed by atoms with Gasteiger partial charge in [-0.15, -0.1) is 0 Å². The molecule has 5 nitrogen and oxygen atoms in total. The maximum atomic E-state index is 12.3. The molecule has 3 rings (SSSR count). The van der Waals surface area contributed by atoms with Crippen molar-refractivity contribution in [3.63, 3.8) is 0 Å². The lowest BCUT2D eigenvalue weighted by atomic mass is 10.0. The van der Waals surface area contributed by atoms with E-state index in [9.17, 15) is 4.79 Å². The van der Waals surface area contributed by atoms with Crippen molar-refractivity contribution in [2.45, 2.75) is 6.42 Å². The zero-order valence-electron chi connectivity index (χ0n) is 11.6. The van der Waals surface area contributed by atoms with E-state index in [1.54, 1.807) is 25.3 Å². The normalized spacial score (nSPS) is 12.2. The SMILES string of the molecule is COc1ccc(C(=O)Cc2ccc3c(c2)OCO3)cc1N. The first kappa shape index (κ1) is 13.3. The standard InChI is InChI=1S/C16H15NO4/c1-19-14-5-3-11(8-12(14)17)13(18)6-10-2-4-15-16(7-10)21-9-20-15/h2-5,7-8H,6,9,17H2,1H3. The van der Waals surface area contributed by atoms with Crippen LogP contribution in [0.5, 0.6) is 17.2 Å². The molecule has 21 heavy (non-hydrogen) atoms. The number of nitrogens with two attached hydrogens (primary N) is 1. The van der Waals surface area contributed by atoms with Crippen molar-refractivity contribution in [2.24, 2.45) is 0 Å². The smallest absolute Gasteiger partial charge is 0.231 e. The number of carbonyl (C=O) groups excluding carboxylic acids is 1. The fourth-order valence-electron chi connectivity index (χ4n) is 2.25. The molecule has 0 unspecified atom stereocenters. The maximum Gasteiger partial charge on any atom is 0.231 e. The molecule has 1 aliphatic heterocycles. The second-order valence-electron chi connectivity index (χ2n) is 4.74. The predicted octanol–water partition coefficient (Wildman–Crippen LogP) is 2.43. The Hall–Kier alpha value is -2.69. The van der Waals surface area contributed by atoms with Crippen molar-refractivity contribution in [2.75, 3.05) is 19.6 Å². The zero-order chi connectivity index (χ0) is 14.8. The van der Waals surface area contributed by atoms with Crippen LogP contribution in [-0.2, 0) is 6.42 Å². The van der Waals surface area contributed by atoms with Gasteiger partial charge >= 0.3 is 0 Å². The monoisotopic (exact) mass is 285 g/mol. The van der Waals surface area contributed by atoms with Crippen LogP contribution in [0.3, 0.4) is 0 Å². The Bertz CT molecular complexity index is 697. The van der Waals surface area contributed by atoms with Gasteiger partial charge in [-0.3, -0.25) is 4.79 Å². The summed E-state index contributed by atoms with van der Waals surface area (Å²) in [7, 11) is 1.54. The highest BCUT2D eigenvalue weighted by molar-refractivity contribution is 5.98. The van der Waals surface area contributed by atoms with Gasteiger partial charge in [0.2, 0.25) is 6.79 Å². The molecule has 2 N–H and O–H groups in total. The summed E-state index contributed by atoms with van der Waals surface area (Å²) in [5.41, 5.74) is 7.71. The molecule has 108 valence electrons. The highest BCUT2D eigenvalue weighted by Gasteiger charge is 2.15. The number of ketones is 1. The number of methoxy groups -OCH3 is 1. The number of ether oxygens (including phenoxy) is 3. The number of rotatable bonds is 4. The third kappa shape index (κ3) is 2.63. The van der Waals surface area contributed by atoms with Gasteiger partial charge in [0.25, 0.3) is 0 Å². The summed E-state index contributed by atoms with van der Waals surface area (Å²) >= 11 is 0. The molecule has 0 amide bonds. The molecule has 0 aliphatic carbocycles. The average molecular weight is 285 g/mol. The molecule has 0 spiro atoms. The lowest BCUT2D eigenvalue weighted by Gasteiger charge is -2.07. The first-order valence-corrected chi connectivity index (χ1v) is 6.52. The first-order chi connectivity index (χ1) is 10.2. The molecule has 0 fully saturated rings. The summed E-state index contributed by atoms with van der Waals surface area (Å²) in [4.78, 5) is 12.3. The molecule has 0 radical (unpaired) electrons. The minimum Gasteiger partial charge on any atom is -0.495 e. The van der Waals surface area contributed by atoms with E-state index in [4.69, 9.17) is 19.9 Å². The van der Waals surface area contributed by atoms with Crippen molar-refractivity contribution in [1.82, 2.24) is 0 Å². The van der Waals surface area contributed by atoms with Crippen LogP contribution in [0.1, 0.15) is 15.9 Å². The Balaban J connectivity index is 1.78. The molecular weight excluding hydrogens is 270 g/mol. The number of benzene rings is 2. The summed E-state index contributed by atoms with van der Waals surface area (Å²) in [6, 6.07) is 10.5. The topological polar surface area (TPSA) is 70.8 Å². The molecular formula is C16H15NO4. The van der Waals surface area contributed by atoms with Gasteiger partial charge < -0.3 is 19.9 Å². The van der Waals surface area contributed by atoms with Crippen molar-refractivity contribution in [1.29, 1.82) is 0 Å². The van der Waals surface area contributed by atoms with Crippen molar-refractivity contribution >= 4 is 11.5 Å². The number of hydrogen-bond acceptors (Lipinski definition) is 5. The molecule has 0 bridgehead atoms. The van der Waals surface area contributed by atoms with Crippen LogP contribution in [0.4, 0.5) is 5.69 Å². The predicted molar refractivity (Wildman–Crippen MR) is 78.0 cm³/mol. The summed E-state index contributed by atoms with van der Waals surface area (Å²) in [6.07, 6.45) is 0.280. The van der Waals surface area contributed by atoms with E-state index in [0.717, 1.165) is 5.56 Å². The lowest BCUT2D eigenvalue weighted by molar-refractivity contribution is 0.0993. The number of nitrogen functional groups attached to an aromatic ring is 1. The van der Waals surface area contributed by atoms with Crippen LogP contribution >= 0.6 is 0 Å². The number of hydrogen-bond donors (Lipinski definition) is 1. The fraction of sp³-hybridized carbons (Fsp3) is 0.188. The molecule has 1 aliphatic rings. The van der Waals surface area contributed by atoms with Gasteiger partial charge in [-0.2, -0.15) is 0 Å². The Morgan fingerprint density at radius 2 is 2.00 bits per heavy atom. The van der Waals surface area contributed by atoms with Gasteiger partial charge in [0, 0.05) is 12.0 Å². The summed E-state index contributed by atoms with van der Waals surface area (Å²) in [5, 5.41) is 0. The average Bonchev–Trinajstić information content (AvgIpc) is 2.94. The minimum absolute atomic E-state index is 0.0109. The first-order valence-electron chi connectivity index (χ1n) is 6.52. The highest BCUT2D eigenvalue weighted by atomic mass is 16.7. The van der Waals surface area contributed by atoms with Crippen LogP contribution in [0.25, 0.3) is 0 Å². The number of anilines is 1. The summed E-state index contributed by atoms with van der Waals surface area (Å²) in [6.45, 7) is 0.224. The molecule has 0 saturated carbocycles. The van der Waals surface area contributed by atoms with Crippen molar-refractivity contribution in [3.8, 4) is 17.2 Å². The Morgan fingerprint density at radius 1 is 1.19 bits per heavy atom. The highest BCUT2D eigenvalue weighted by Crippen LogP contribution is 2.33. The Labute approximate surface area is 122 Å². The number of Topliss-reactive ketones (excluding diaryl/α,β-unsaturated/α-hetero) is 1. The van der Waals surface area contributed by atoms with Gasteiger partial charge in [0.05, 0.1) is 12.8 Å². The van der Waals surface area contributed by atoms with E-state index in [0.29, 0.717) is 28.5 Å². The summed E-state index contributed by atoms with van der Waals surface area (Å²) in [5.74, 6) is 1.94. The van der Waals surface area contributed by atoms with Gasteiger partial charge in [0.15, 0.2) is 17.3 Å². The van der Waals surface area contributed by atoms with Crippen molar-refractivity contribution in [3.05, 3.63) is 47.5 Å². The number of fused-ring (bicyclic) bond motifs is 1. The maximum absolute atomic E-state index is 12.3. The Morgan fingerprint density at radius 3 is 2.76 bits per heavy atom. The van der Waals surface area contributed by atoms with Crippen molar-refractivity contribution < 1.29 is 19.0 Å².